The molecule has 4 aliphatic rings. The Labute approximate surface area is 170 Å². The molecule has 4 atom stereocenters. The molecule has 154 valence electrons. The second-order valence-electron chi connectivity index (χ2n) is 8.56. The molecular weight excluding hydrogens is 370 g/mol. The first-order valence-corrected chi connectivity index (χ1v) is 10.3. The first-order chi connectivity index (χ1) is 14.0. The quantitative estimate of drug-likeness (QED) is 0.848. The summed E-state index contributed by atoms with van der Waals surface area (Å²) in [4.78, 5) is 29.9. The normalized spacial score (nSPS) is 30.7. The highest BCUT2D eigenvalue weighted by Crippen LogP contribution is 2.49. The average molecular weight is 397 g/mol. The van der Waals surface area contributed by atoms with Gasteiger partial charge in [-0.2, -0.15) is 0 Å². The molecule has 2 aliphatic carbocycles. The maximum atomic E-state index is 13.6. The zero-order chi connectivity index (χ0) is 20.3. The predicted octanol–water partition coefficient (Wildman–Crippen LogP) is 2.68. The Morgan fingerprint density at radius 2 is 1.93 bits per heavy atom. The van der Waals surface area contributed by atoms with E-state index in [9.17, 15) is 9.59 Å². The van der Waals surface area contributed by atoms with E-state index in [2.05, 4.69) is 5.32 Å². The number of benzene rings is 1. The van der Waals surface area contributed by atoms with Gasteiger partial charge in [0.25, 0.3) is 5.91 Å². The molecule has 3 amide bonds. The Morgan fingerprint density at radius 3 is 2.59 bits per heavy atom. The largest absolute Gasteiger partial charge is 0.493 e. The third-order valence-corrected chi connectivity index (χ3v) is 7.23. The van der Waals surface area contributed by atoms with Gasteiger partial charge in [0.1, 0.15) is 0 Å². The van der Waals surface area contributed by atoms with Crippen molar-refractivity contribution in [3.8, 4) is 11.5 Å². The minimum absolute atomic E-state index is 0.0410. The van der Waals surface area contributed by atoms with E-state index in [1.165, 1.54) is 19.3 Å². The number of likely N-dealkylation sites (N-methyl/N-ethyl adjacent to an activating group) is 1. The monoisotopic (exact) mass is 397 g/mol. The summed E-state index contributed by atoms with van der Waals surface area (Å²) in [5, 5.41) is 3.00. The zero-order valence-electron chi connectivity index (χ0n) is 17.1. The maximum Gasteiger partial charge on any atom is 0.322 e. The lowest BCUT2D eigenvalue weighted by molar-refractivity contribution is -0.128. The van der Waals surface area contributed by atoms with Crippen LogP contribution < -0.4 is 14.8 Å². The van der Waals surface area contributed by atoms with Gasteiger partial charge in [0, 0.05) is 18.7 Å². The average Bonchev–Trinajstić information content (AvgIpc) is 3.44. The molecular formula is C22H27N3O4. The number of fused-ring (bicyclic) bond motifs is 2. The van der Waals surface area contributed by atoms with E-state index in [-0.39, 0.29) is 11.9 Å². The van der Waals surface area contributed by atoms with Gasteiger partial charge >= 0.3 is 6.03 Å². The molecule has 0 saturated heterocycles. The van der Waals surface area contributed by atoms with Gasteiger partial charge in [0.15, 0.2) is 11.5 Å². The van der Waals surface area contributed by atoms with Gasteiger partial charge in [0.2, 0.25) is 0 Å². The van der Waals surface area contributed by atoms with Crippen LogP contribution in [0.25, 0.3) is 0 Å². The Hall–Kier alpha value is -2.70. The van der Waals surface area contributed by atoms with Crippen LogP contribution in [0.5, 0.6) is 11.5 Å². The van der Waals surface area contributed by atoms with Crippen LogP contribution in [0.4, 0.5) is 4.79 Å². The summed E-state index contributed by atoms with van der Waals surface area (Å²) in [7, 11) is 4.89. The number of nitrogens with one attached hydrogen (secondary N) is 1. The van der Waals surface area contributed by atoms with Gasteiger partial charge in [-0.1, -0.05) is 18.6 Å². The fourth-order valence-electron chi connectivity index (χ4n) is 5.82. The summed E-state index contributed by atoms with van der Waals surface area (Å²) in [6.45, 7) is 0.509. The zero-order valence-corrected chi connectivity index (χ0v) is 17.1. The number of methoxy groups -OCH3 is 2. The molecule has 2 aliphatic heterocycles. The fraction of sp³-hybridized carbons (Fsp3) is 0.545. The Kier molecular flexibility index (Phi) is 4.22. The minimum atomic E-state index is -0.546. The molecule has 2 bridgehead atoms. The molecule has 1 aromatic carbocycles. The van der Waals surface area contributed by atoms with Crippen molar-refractivity contribution in [2.24, 2.45) is 11.8 Å². The first-order valence-electron chi connectivity index (χ1n) is 10.3. The molecule has 2 saturated carbocycles. The summed E-state index contributed by atoms with van der Waals surface area (Å²) < 4.78 is 11.0. The van der Waals surface area contributed by atoms with E-state index < -0.39 is 6.04 Å². The first kappa shape index (κ1) is 18.3. The summed E-state index contributed by atoms with van der Waals surface area (Å²) >= 11 is 0. The van der Waals surface area contributed by atoms with Crippen LogP contribution in [-0.2, 0) is 4.79 Å². The second-order valence-corrected chi connectivity index (χ2v) is 8.56. The van der Waals surface area contributed by atoms with Crippen molar-refractivity contribution in [2.75, 3.05) is 27.8 Å². The lowest BCUT2D eigenvalue weighted by Gasteiger charge is -2.32. The van der Waals surface area contributed by atoms with E-state index in [1.54, 1.807) is 26.2 Å². The highest BCUT2D eigenvalue weighted by molar-refractivity contribution is 6.01. The third-order valence-electron chi connectivity index (χ3n) is 7.23. The molecule has 0 aromatic heterocycles. The van der Waals surface area contributed by atoms with Crippen molar-refractivity contribution in [3.63, 3.8) is 0 Å². The highest BCUT2D eigenvalue weighted by Gasteiger charge is 2.50. The molecule has 0 spiro atoms. The summed E-state index contributed by atoms with van der Waals surface area (Å²) in [6, 6.07) is 5.09. The standard InChI is InChI=1S/C22H27N3O4/c1-24-16-11-25(15-10-12-7-8-13(15)9-12)21(26)18(16)19(23-22(24)27)14-5-4-6-17(28-2)20(14)29-3/h4-6,12-13,15,19H,7-11H2,1-3H3,(H,23,27). The van der Waals surface area contributed by atoms with E-state index in [0.717, 1.165) is 23.6 Å². The van der Waals surface area contributed by atoms with Crippen molar-refractivity contribution in [2.45, 2.75) is 37.8 Å². The highest BCUT2D eigenvalue weighted by atomic mass is 16.5. The fourth-order valence-corrected chi connectivity index (χ4v) is 5.82. The summed E-state index contributed by atoms with van der Waals surface area (Å²) in [5.41, 5.74) is 2.20. The van der Waals surface area contributed by atoms with Crippen LogP contribution in [0.3, 0.4) is 0 Å². The van der Waals surface area contributed by atoms with Crippen LogP contribution in [-0.4, -0.2) is 55.6 Å². The second kappa shape index (κ2) is 6.68. The summed E-state index contributed by atoms with van der Waals surface area (Å²) in [6.07, 6.45) is 4.83. The molecule has 5 rings (SSSR count). The molecule has 1 N–H and O–H groups in total. The van der Waals surface area contributed by atoms with E-state index in [4.69, 9.17) is 9.47 Å². The van der Waals surface area contributed by atoms with E-state index >= 15 is 0 Å². The lowest BCUT2D eigenvalue weighted by atomic mass is 9.93. The topological polar surface area (TPSA) is 71.1 Å². The van der Waals surface area contributed by atoms with Crippen molar-refractivity contribution >= 4 is 11.9 Å². The van der Waals surface area contributed by atoms with Gasteiger partial charge in [-0.05, 0) is 37.2 Å². The number of nitrogens with zero attached hydrogens (tertiary/aromatic N) is 2. The smallest absolute Gasteiger partial charge is 0.322 e. The molecule has 7 nitrogen and oxygen atoms in total. The number of carbonyl (C=O) groups excluding carboxylic acids is 2. The third kappa shape index (κ3) is 2.63. The van der Waals surface area contributed by atoms with Crippen molar-refractivity contribution in [1.29, 1.82) is 0 Å². The van der Waals surface area contributed by atoms with Crippen LogP contribution in [0.15, 0.2) is 29.5 Å². The number of ether oxygens (including phenoxy) is 2. The minimum Gasteiger partial charge on any atom is -0.493 e. The molecule has 2 fully saturated rings. The SMILES string of the molecule is COc1cccc(C2NC(=O)N(C)C3=C2C(=O)N(C2CC4CCC2C4)C3)c1OC. The molecule has 1 aromatic rings. The number of carbonyl (C=O) groups is 2. The van der Waals surface area contributed by atoms with Crippen LogP contribution in [0.2, 0.25) is 0 Å². The molecule has 0 radical (unpaired) electrons. The number of hydrogen-bond donors (Lipinski definition) is 1. The van der Waals surface area contributed by atoms with Crippen molar-refractivity contribution in [1.82, 2.24) is 15.1 Å². The van der Waals surface area contributed by atoms with E-state index in [1.807, 2.05) is 23.1 Å². The van der Waals surface area contributed by atoms with Gasteiger partial charge < -0.3 is 19.7 Å². The van der Waals surface area contributed by atoms with Crippen molar-refractivity contribution in [3.05, 3.63) is 35.0 Å². The number of rotatable bonds is 4. The number of para-hydroxylation sites is 1. The summed E-state index contributed by atoms with van der Waals surface area (Å²) in [5.74, 6) is 2.52. The Morgan fingerprint density at radius 1 is 1.10 bits per heavy atom. The Balaban J connectivity index is 1.55. The van der Waals surface area contributed by atoms with Gasteiger partial charge in [-0.25, -0.2) is 4.79 Å². The molecule has 7 heteroatoms. The van der Waals surface area contributed by atoms with Gasteiger partial charge in [-0.15, -0.1) is 0 Å². The van der Waals surface area contributed by atoms with Crippen LogP contribution in [0.1, 0.15) is 37.3 Å². The number of amides is 3. The maximum absolute atomic E-state index is 13.6. The van der Waals surface area contributed by atoms with E-state index in [0.29, 0.717) is 35.6 Å². The predicted molar refractivity (Wildman–Crippen MR) is 107 cm³/mol. The molecule has 29 heavy (non-hydrogen) atoms. The Bertz CT molecular complexity index is 911. The molecule has 4 unspecified atom stereocenters. The molecule has 2 heterocycles. The lowest BCUT2D eigenvalue weighted by Crippen LogP contribution is -2.45. The van der Waals surface area contributed by atoms with Crippen LogP contribution >= 0.6 is 0 Å². The van der Waals surface area contributed by atoms with Gasteiger partial charge in [-0.3, -0.25) is 9.69 Å². The number of hydrogen-bond acceptors (Lipinski definition) is 4. The number of urea groups is 1. The van der Waals surface area contributed by atoms with Gasteiger partial charge in [0.05, 0.1) is 38.1 Å². The van der Waals surface area contributed by atoms with Crippen molar-refractivity contribution < 1.29 is 19.1 Å². The van der Waals surface area contributed by atoms with Crippen LogP contribution in [0, 0.1) is 11.8 Å².